The van der Waals surface area contributed by atoms with Gasteiger partial charge in [0.05, 0.1) is 0 Å². The molecule has 0 bridgehead atoms. The molecule has 0 spiro atoms. The van der Waals surface area contributed by atoms with Crippen LogP contribution in [0.2, 0.25) is 0 Å². The topological polar surface area (TPSA) is 0 Å². The van der Waals surface area contributed by atoms with Gasteiger partial charge in [0, 0.05) is 4.43 Å². The first kappa shape index (κ1) is 5.86. The van der Waals surface area contributed by atoms with Crippen molar-refractivity contribution in [1.29, 1.82) is 0 Å². The van der Waals surface area contributed by atoms with Crippen LogP contribution in [0.4, 0.5) is 0 Å². The Morgan fingerprint density at radius 1 is 1.57 bits per heavy atom. The van der Waals surface area contributed by atoms with E-state index in [0.29, 0.717) is 0 Å². The lowest BCUT2D eigenvalue weighted by molar-refractivity contribution is 0.202. The first-order valence-electron chi connectivity index (χ1n) is 2.83. The van der Waals surface area contributed by atoms with Gasteiger partial charge in [0.1, 0.15) is 0 Å². The van der Waals surface area contributed by atoms with E-state index in [1.54, 1.807) is 0 Å². The predicted octanol–water partition coefficient (Wildman–Crippen LogP) is 2.61. The summed E-state index contributed by atoms with van der Waals surface area (Å²) in [7, 11) is 0. The van der Waals surface area contributed by atoms with Gasteiger partial charge < -0.3 is 0 Å². The number of rotatable bonds is 1. The van der Waals surface area contributed by atoms with Gasteiger partial charge >= 0.3 is 0 Å². The van der Waals surface area contributed by atoms with Gasteiger partial charge in [0.2, 0.25) is 0 Å². The van der Waals surface area contributed by atoms with E-state index in [2.05, 4.69) is 29.5 Å². The first-order chi connectivity index (χ1) is 3.27. The molecule has 0 unspecified atom stereocenters. The van der Waals surface area contributed by atoms with Gasteiger partial charge in [-0.2, -0.15) is 0 Å². The Kier molecular flexibility index (Phi) is 1.61. The highest BCUT2D eigenvalue weighted by molar-refractivity contribution is 14.1. The molecule has 0 aromatic heterocycles. The zero-order chi connectivity index (χ0) is 5.33. The maximum absolute atomic E-state index is 2.48. The summed E-state index contributed by atoms with van der Waals surface area (Å²) < 4.78 is 1.35. The molecule has 0 heterocycles. The van der Waals surface area contributed by atoms with Crippen molar-refractivity contribution in [2.45, 2.75) is 26.2 Å². The van der Waals surface area contributed by atoms with E-state index in [9.17, 15) is 0 Å². The fourth-order valence-corrected chi connectivity index (χ4v) is 1.68. The molecule has 7 heavy (non-hydrogen) atoms. The Morgan fingerprint density at radius 3 is 2.14 bits per heavy atom. The molecule has 0 N–H and O–H groups in total. The van der Waals surface area contributed by atoms with Crippen LogP contribution in [0, 0.1) is 5.41 Å². The van der Waals surface area contributed by atoms with Gasteiger partial charge in [-0.05, 0) is 18.3 Å². The third kappa shape index (κ3) is 1.09. The number of alkyl halides is 1. The van der Waals surface area contributed by atoms with E-state index < -0.39 is 0 Å². The molecule has 0 nitrogen and oxygen atoms in total. The Morgan fingerprint density at radius 2 is 2.14 bits per heavy atom. The minimum absolute atomic E-state index is 0.751. The van der Waals surface area contributed by atoms with Crippen molar-refractivity contribution in [3.05, 3.63) is 0 Å². The zero-order valence-electron chi connectivity index (χ0n) is 4.71. The molecule has 1 aliphatic carbocycles. The highest BCUT2D eigenvalue weighted by Gasteiger charge is 2.29. The van der Waals surface area contributed by atoms with E-state index in [1.807, 2.05) is 0 Å². The second-order valence-corrected chi connectivity index (χ2v) is 3.56. The molecule has 0 aliphatic heterocycles. The van der Waals surface area contributed by atoms with Crippen LogP contribution >= 0.6 is 22.6 Å². The summed E-state index contributed by atoms with van der Waals surface area (Å²) in [6.07, 6.45) is 4.41. The van der Waals surface area contributed by atoms with E-state index in [4.69, 9.17) is 0 Å². The van der Waals surface area contributed by atoms with Gasteiger partial charge in [-0.25, -0.2) is 0 Å². The SMILES string of the molecule is CC1(CI)CCC1. The minimum Gasteiger partial charge on any atom is -0.0858 e. The zero-order valence-corrected chi connectivity index (χ0v) is 6.86. The number of hydrogen-bond donors (Lipinski definition) is 0. The fraction of sp³-hybridized carbons (Fsp3) is 1.00. The third-order valence-electron chi connectivity index (χ3n) is 1.88. The monoisotopic (exact) mass is 210 g/mol. The van der Waals surface area contributed by atoms with Crippen molar-refractivity contribution >= 4 is 22.6 Å². The molecule has 1 saturated carbocycles. The number of hydrogen-bond acceptors (Lipinski definition) is 0. The third-order valence-corrected chi connectivity index (χ3v) is 3.72. The standard InChI is InChI=1S/C6H11I/c1-6(5-7)3-2-4-6/h2-5H2,1H3. The molecular formula is C6H11I. The summed E-state index contributed by atoms with van der Waals surface area (Å²) >= 11 is 2.48. The van der Waals surface area contributed by atoms with E-state index in [-0.39, 0.29) is 0 Å². The molecule has 1 fully saturated rings. The van der Waals surface area contributed by atoms with E-state index in [0.717, 1.165) is 5.41 Å². The molecule has 0 atom stereocenters. The normalized spacial score (nSPS) is 26.6. The molecule has 0 aromatic rings. The molecule has 1 aliphatic rings. The second kappa shape index (κ2) is 1.92. The Balaban J connectivity index is 2.29. The van der Waals surface area contributed by atoms with Crippen LogP contribution in [0.1, 0.15) is 26.2 Å². The van der Waals surface area contributed by atoms with Crippen LogP contribution in [-0.2, 0) is 0 Å². The summed E-state index contributed by atoms with van der Waals surface area (Å²) in [5.41, 5.74) is 0.751. The molecule has 0 aromatic carbocycles. The molecule has 0 amide bonds. The molecule has 1 heteroatoms. The smallest absolute Gasteiger partial charge is 0.00493 e. The highest BCUT2D eigenvalue weighted by atomic mass is 127. The summed E-state index contributed by atoms with van der Waals surface area (Å²) in [5, 5.41) is 0. The quantitative estimate of drug-likeness (QED) is 0.461. The van der Waals surface area contributed by atoms with Crippen LogP contribution in [0.5, 0.6) is 0 Å². The van der Waals surface area contributed by atoms with Crippen LogP contribution in [0.15, 0.2) is 0 Å². The highest BCUT2D eigenvalue weighted by Crippen LogP contribution is 2.41. The summed E-state index contributed by atoms with van der Waals surface area (Å²) in [6, 6.07) is 0. The summed E-state index contributed by atoms with van der Waals surface area (Å²) in [5.74, 6) is 0. The molecule has 42 valence electrons. The first-order valence-corrected chi connectivity index (χ1v) is 4.35. The van der Waals surface area contributed by atoms with E-state index in [1.165, 1.54) is 23.7 Å². The second-order valence-electron chi connectivity index (χ2n) is 2.80. The Labute approximate surface area is 58.8 Å². The van der Waals surface area contributed by atoms with Gasteiger partial charge in [-0.15, -0.1) is 0 Å². The average molecular weight is 210 g/mol. The van der Waals surface area contributed by atoms with Crippen LogP contribution in [0.25, 0.3) is 0 Å². The summed E-state index contributed by atoms with van der Waals surface area (Å²) in [4.78, 5) is 0. The van der Waals surface area contributed by atoms with Crippen molar-refractivity contribution in [2.75, 3.05) is 4.43 Å². The lowest BCUT2D eigenvalue weighted by Gasteiger charge is -2.36. The minimum atomic E-state index is 0.751. The summed E-state index contributed by atoms with van der Waals surface area (Å²) in [6.45, 7) is 2.38. The van der Waals surface area contributed by atoms with Crippen molar-refractivity contribution in [1.82, 2.24) is 0 Å². The predicted molar refractivity (Wildman–Crippen MR) is 40.8 cm³/mol. The van der Waals surface area contributed by atoms with Crippen molar-refractivity contribution in [3.63, 3.8) is 0 Å². The average Bonchev–Trinajstić information content (AvgIpc) is 1.61. The molecule has 0 saturated heterocycles. The van der Waals surface area contributed by atoms with Gasteiger partial charge in [-0.1, -0.05) is 35.9 Å². The van der Waals surface area contributed by atoms with Crippen molar-refractivity contribution in [2.24, 2.45) is 5.41 Å². The van der Waals surface area contributed by atoms with Gasteiger partial charge in [0.25, 0.3) is 0 Å². The van der Waals surface area contributed by atoms with Gasteiger partial charge in [-0.3, -0.25) is 0 Å². The van der Waals surface area contributed by atoms with Crippen molar-refractivity contribution < 1.29 is 0 Å². The maximum atomic E-state index is 2.48. The number of halogens is 1. The van der Waals surface area contributed by atoms with Crippen LogP contribution in [-0.4, -0.2) is 4.43 Å². The molecular weight excluding hydrogens is 199 g/mol. The van der Waals surface area contributed by atoms with Gasteiger partial charge in [0.15, 0.2) is 0 Å². The fourth-order valence-electron chi connectivity index (χ4n) is 0.914. The molecule has 0 radical (unpaired) electrons. The van der Waals surface area contributed by atoms with Crippen molar-refractivity contribution in [3.8, 4) is 0 Å². The Hall–Kier alpha value is 0.730. The van der Waals surface area contributed by atoms with E-state index >= 15 is 0 Å². The van der Waals surface area contributed by atoms with Crippen LogP contribution in [0.3, 0.4) is 0 Å². The Bertz CT molecular complexity index is 59.1. The lowest BCUT2D eigenvalue weighted by Crippen LogP contribution is -2.26. The maximum Gasteiger partial charge on any atom is 0.00493 e. The largest absolute Gasteiger partial charge is 0.0858 e. The van der Waals surface area contributed by atoms with Crippen LogP contribution < -0.4 is 0 Å². The lowest BCUT2D eigenvalue weighted by atomic mass is 9.72. The molecule has 1 rings (SSSR count).